The fourth-order valence-electron chi connectivity index (χ4n) is 1.80. The maximum absolute atomic E-state index is 11.0. The van der Waals surface area contributed by atoms with E-state index in [0.717, 1.165) is 22.6 Å². The normalized spacial score (nSPS) is 10.3. The van der Waals surface area contributed by atoms with Crippen molar-refractivity contribution in [3.05, 3.63) is 47.0 Å². The molecule has 0 aliphatic rings. The fourth-order valence-corrected chi connectivity index (χ4v) is 1.80. The monoisotopic (exact) mass is 245 g/mol. The number of aromatic nitrogens is 2. The Morgan fingerprint density at radius 3 is 2.83 bits per heavy atom. The second-order valence-electron chi connectivity index (χ2n) is 4.11. The molecule has 2 rings (SSSR count). The number of nitrogens with one attached hydrogen (secondary N) is 2. The lowest BCUT2D eigenvalue weighted by Crippen LogP contribution is -2.06. The summed E-state index contributed by atoms with van der Waals surface area (Å²) in [5.74, 6) is -0.910. The quantitative estimate of drug-likeness (QED) is 0.772. The molecule has 3 N–H and O–H groups in total. The lowest BCUT2D eigenvalue weighted by Gasteiger charge is -2.10. The van der Waals surface area contributed by atoms with Gasteiger partial charge in [0.15, 0.2) is 0 Å². The molecule has 5 nitrogen and oxygen atoms in total. The average Bonchev–Trinajstić information content (AvgIpc) is 2.73. The van der Waals surface area contributed by atoms with E-state index in [-0.39, 0.29) is 0 Å². The number of hydrogen-bond acceptors (Lipinski definition) is 3. The van der Waals surface area contributed by atoms with Crippen molar-refractivity contribution < 1.29 is 9.90 Å². The summed E-state index contributed by atoms with van der Waals surface area (Å²) in [6.45, 7) is 4.31. The number of carboxylic acid groups (broad SMARTS) is 1. The molecular formula is C13H15N3O2. The Kier molecular flexibility index (Phi) is 3.32. The number of aromatic amines is 1. The fraction of sp³-hybridized carbons (Fsp3) is 0.231. The number of anilines is 1. The van der Waals surface area contributed by atoms with Crippen LogP contribution in [0, 0.1) is 13.8 Å². The Labute approximate surface area is 105 Å². The molecule has 1 aromatic heterocycles. The molecule has 0 spiro atoms. The minimum atomic E-state index is -0.910. The molecule has 0 unspecified atom stereocenters. The summed E-state index contributed by atoms with van der Waals surface area (Å²) in [6.07, 6.45) is 1.65. The minimum absolute atomic E-state index is 0.318. The van der Waals surface area contributed by atoms with Crippen molar-refractivity contribution in [2.45, 2.75) is 20.4 Å². The van der Waals surface area contributed by atoms with Crippen molar-refractivity contribution in [1.82, 2.24) is 9.97 Å². The van der Waals surface area contributed by atoms with E-state index in [4.69, 9.17) is 5.11 Å². The molecule has 0 amide bonds. The Morgan fingerprint density at radius 2 is 2.22 bits per heavy atom. The molecule has 5 heteroatoms. The van der Waals surface area contributed by atoms with Gasteiger partial charge in [-0.05, 0) is 31.5 Å². The first kappa shape index (κ1) is 12.2. The summed E-state index contributed by atoms with van der Waals surface area (Å²) in [5, 5.41) is 12.2. The number of rotatable bonds is 4. The van der Waals surface area contributed by atoms with Crippen molar-refractivity contribution in [1.29, 1.82) is 0 Å². The summed E-state index contributed by atoms with van der Waals surface area (Å²) < 4.78 is 0. The van der Waals surface area contributed by atoms with Gasteiger partial charge in [-0.1, -0.05) is 6.07 Å². The predicted octanol–water partition coefficient (Wildman–Crippen LogP) is 2.34. The van der Waals surface area contributed by atoms with Crippen LogP contribution in [0.3, 0.4) is 0 Å². The van der Waals surface area contributed by atoms with Crippen LogP contribution in [-0.2, 0) is 6.54 Å². The summed E-state index contributed by atoms with van der Waals surface area (Å²) >= 11 is 0. The molecule has 0 atom stereocenters. The minimum Gasteiger partial charge on any atom is -0.478 e. The molecule has 0 aliphatic heterocycles. The van der Waals surface area contributed by atoms with E-state index in [1.807, 2.05) is 13.0 Å². The third-order valence-electron chi connectivity index (χ3n) is 2.94. The molecule has 94 valence electrons. The van der Waals surface area contributed by atoms with E-state index in [1.165, 1.54) is 0 Å². The van der Waals surface area contributed by atoms with E-state index in [0.29, 0.717) is 12.1 Å². The number of H-pyrrole nitrogens is 1. The Hall–Kier alpha value is -2.30. The van der Waals surface area contributed by atoms with E-state index < -0.39 is 5.97 Å². The zero-order valence-corrected chi connectivity index (χ0v) is 10.3. The molecule has 0 saturated heterocycles. The lowest BCUT2D eigenvalue weighted by atomic mass is 10.1. The van der Waals surface area contributed by atoms with Crippen molar-refractivity contribution in [3.8, 4) is 0 Å². The number of aryl methyl sites for hydroxylation is 1. The number of benzene rings is 1. The van der Waals surface area contributed by atoms with Crippen LogP contribution in [0.1, 0.15) is 27.3 Å². The maximum Gasteiger partial charge on any atom is 0.336 e. The van der Waals surface area contributed by atoms with Crippen molar-refractivity contribution in [2.75, 3.05) is 5.32 Å². The second-order valence-corrected chi connectivity index (χ2v) is 4.11. The molecule has 0 aliphatic carbocycles. The van der Waals surface area contributed by atoms with Gasteiger partial charge in [-0.15, -0.1) is 0 Å². The molecule has 1 heterocycles. The van der Waals surface area contributed by atoms with Gasteiger partial charge in [0.25, 0.3) is 0 Å². The first-order chi connectivity index (χ1) is 8.59. The van der Waals surface area contributed by atoms with Gasteiger partial charge in [-0.25, -0.2) is 9.78 Å². The van der Waals surface area contributed by atoms with Gasteiger partial charge < -0.3 is 15.4 Å². The zero-order valence-electron chi connectivity index (χ0n) is 10.3. The molecule has 0 saturated carbocycles. The van der Waals surface area contributed by atoms with E-state index in [1.54, 1.807) is 25.4 Å². The van der Waals surface area contributed by atoms with E-state index in [2.05, 4.69) is 15.3 Å². The topological polar surface area (TPSA) is 78.0 Å². The van der Waals surface area contributed by atoms with Gasteiger partial charge in [0.05, 0.1) is 24.1 Å². The predicted molar refractivity (Wildman–Crippen MR) is 68.8 cm³/mol. The molecule has 1 aromatic carbocycles. The molecule has 18 heavy (non-hydrogen) atoms. The molecule has 0 bridgehead atoms. The first-order valence-electron chi connectivity index (χ1n) is 5.65. The summed E-state index contributed by atoms with van der Waals surface area (Å²) in [6, 6.07) is 5.20. The Bertz CT molecular complexity index is 575. The second kappa shape index (κ2) is 4.91. The zero-order chi connectivity index (χ0) is 13.1. The molecule has 0 radical (unpaired) electrons. The Morgan fingerprint density at radius 1 is 1.44 bits per heavy atom. The number of nitrogens with zero attached hydrogens (tertiary/aromatic N) is 1. The Balaban J connectivity index is 2.17. The molecule has 2 aromatic rings. The maximum atomic E-state index is 11.0. The standard InChI is InChI=1S/C13H15N3O2/c1-8-10(13(17)18)4-3-5-11(8)14-6-12-9(2)15-7-16-12/h3-5,7,14H,6H2,1-2H3,(H,15,16)(H,17,18). The highest BCUT2D eigenvalue weighted by atomic mass is 16.4. The summed E-state index contributed by atoms with van der Waals surface area (Å²) in [7, 11) is 0. The number of aromatic carboxylic acids is 1. The van der Waals surface area contributed by atoms with Gasteiger partial charge >= 0.3 is 5.97 Å². The molecular weight excluding hydrogens is 230 g/mol. The number of hydrogen-bond donors (Lipinski definition) is 3. The highest BCUT2D eigenvalue weighted by Gasteiger charge is 2.10. The van der Waals surface area contributed by atoms with Gasteiger partial charge in [0, 0.05) is 11.4 Å². The van der Waals surface area contributed by atoms with Gasteiger partial charge in [0.2, 0.25) is 0 Å². The SMILES string of the molecule is Cc1[nH]cnc1CNc1cccc(C(=O)O)c1C. The highest BCUT2D eigenvalue weighted by Crippen LogP contribution is 2.19. The van der Waals surface area contributed by atoms with Crippen molar-refractivity contribution in [3.63, 3.8) is 0 Å². The third-order valence-corrected chi connectivity index (χ3v) is 2.94. The van der Waals surface area contributed by atoms with Crippen LogP contribution in [0.15, 0.2) is 24.5 Å². The highest BCUT2D eigenvalue weighted by molar-refractivity contribution is 5.91. The van der Waals surface area contributed by atoms with E-state index in [9.17, 15) is 4.79 Å². The van der Waals surface area contributed by atoms with Crippen molar-refractivity contribution >= 4 is 11.7 Å². The van der Waals surface area contributed by atoms with Crippen LogP contribution < -0.4 is 5.32 Å². The largest absolute Gasteiger partial charge is 0.478 e. The lowest BCUT2D eigenvalue weighted by molar-refractivity contribution is 0.0696. The smallest absolute Gasteiger partial charge is 0.336 e. The van der Waals surface area contributed by atoms with Crippen LogP contribution in [0.5, 0.6) is 0 Å². The van der Waals surface area contributed by atoms with Crippen LogP contribution >= 0.6 is 0 Å². The van der Waals surface area contributed by atoms with Crippen LogP contribution in [0.4, 0.5) is 5.69 Å². The van der Waals surface area contributed by atoms with Gasteiger partial charge in [-0.2, -0.15) is 0 Å². The molecule has 0 fully saturated rings. The van der Waals surface area contributed by atoms with Gasteiger partial charge in [0.1, 0.15) is 0 Å². The van der Waals surface area contributed by atoms with Crippen LogP contribution in [-0.4, -0.2) is 21.0 Å². The summed E-state index contributed by atoms with van der Waals surface area (Å²) in [4.78, 5) is 18.2. The number of imidazole rings is 1. The number of carbonyl (C=O) groups is 1. The van der Waals surface area contributed by atoms with Crippen LogP contribution in [0.25, 0.3) is 0 Å². The van der Waals surface area contributed by atoms with Crippen LogP contribution in [0.2, 0.25) is 0 Å². The first-order valence-corrected chi connectivity index (χ1v) is 5.65. The van der Waals surface area contributed by atoms with E-state index >= 15 is 0 Å². The number of carboxylic acids is 1. The van der Waals surface area contributed by atoms with Gasteiger partial charge in [-0.3, -0.25) is 0 Å². The summed E-state index contributed by atoms with van der Waals surface area (Å²) in [5.41, 5.74) is 3.80. The average molecular weight is 245 g/mol. The third kappa shape index (κ3) is 2.34. The van der Waals surface area contributed by atoms with Crippen molar-refractivity contribution in [2.24, 2.45) is 0 Å².